The topological polar surface area (TPSA) is 30.9 Å². The molecule has 0 N–H and O–H groups in total. The standard InChI is InChI=1S/C35H42F3NO3/c1-26-33(41-24-28-14-7-3-8-15-28)34(42-25-29-16-9-4-10-17-29)32(40-23-27-12-5-2-6-13-27)22-39(26)21-30-18-11-19-31(20-30)35(36,37)38/h2-10,12-17,26,30-34H,11,18-25H2,1H3/t26-,30?,31?,32+,33-,34-/m1/s1. The summed E-state index contributed by atoms with van der Waals surface area (Å²) in [5.41, 5.74) is 3.19. The summed E-state index contributed by atoms with van der Waals surface area (Å²) in [4.78, 5) is 2.29. The second-order valence-electron chi connectivity index (χ2n) is 11.8. The monoisotopic (exact) mass is 581 g/mol. The first kappa shape index (κ1) is 30.7. The van der Waals surface area contributed by atoms with Gasteiger partial charge in [-0.3, -0.25) is 4.90 Å². The molecule has 5 rings (SSSR count). The maximum absolute atomic E-state index is 13.6. The summed E-state index contributed by atoms with van der Waals surface area (Å²) in [6.07, 6.45) is -3.28. The minimum atomic E-state index is -4.13. The molecule has 1 aliphatic carbocycles. The van der Waals surface area contributed by atoms with E-state index in [1.165, 1.54) is 0 Å². The number of ether oxygens (including phenoxy) is 3. The Morgan fingerprint density at radius 3 is 1.71 bits per heavy atom. The van der Waals surface area contributed by atoms with E-state index in [0.717, 1.165) is 23.1 Å². The van der Waals surface area contributed by atoms with Crippen molar-refractivity contribution < 1.29 is 27.4 Å². The van der Waals surface area contributed by atoms with Gasteiger partial charge in [0, 0.05) is 19.1 Å². The second kappa shape index (κ2) is 14.6. The lowest BCUT2D eigenvalue weighted by Gasteiger charge is -2.48. The Morgan fingerprint density at radius 1 is 0.690 bits per heavy atom. The van der Waals surface area contributed by atoms with Gasteiger partial charge in [0.05, 0.1) is 31.8 Å². The van der Waals surface area contributed by atoms with E-state index in [4.69, 9.17) is 14.2 Å². The fraction of sp³-hybridized carbons (Fsp3) is 0.486. The molecule has 6 atom stereocenters. The molecule has 0 radical (unpaired) electrons. The Bertz CT molecular complexity index is 1190. The number of benzene rings is 3. The van der Waals surface area contributed by atoms with E-state index in [-0.39, 0.29) is 43.1 Å². The first-order valence-electron chi connectivity index (χ1n) is 15.1. The summed E-state index contributed by atoms with van der Waals surface area (Å²) in [5.74, 6) is -1.23. The van der Waals surface area contributed by atoms with Crippen molar-refractivity contribution in [3.05, 3.63) is 108 Å². The highest BCUT2D eigenvalue weighted by Crippen LogP contribution is 2.41. The van der Waals surface area contributed by atoms with E-state index >= 15 is 0 Å². The molecule has 2 aliphatic rings. The molecule has 2 fully saturated rings. The molecular weight excluding hydrogens is 539 g/mol. The lowest BCUT2D eigenvalue weighted by atomic mass is 9.80. The SMILES string of the molecule is C[C@@H]1[C@@H](OCc2ccccc2)[C@H](OCc2ccccc2)[C@@H](OCc2ccccc2)CN1CC1CCCC(C(F)(F)F)C1. The molecule has 0 amide bonds. The minimum Gasteiger partial charge on any atom is -0.369 e. The minimum absolute atomic E-state index is 0.0147. The first-order chi connectivity index (χ1) is 20.4. The predicted molar refractivity (Wildman–Crippen MR) is 158 cm³/mol. The number of halogens is 3. The van der Waals surface area contributed by atoms with Crippen molar-refractivity contribution in [2.24, 2.45) is 11.8 Å². The molecule has 1 heterocycles. The van der Waals surface area contributed by atoms with Crippen molar-refractivity contribution in [3.8, 4) is 0 Å². The van der Waals surface area contributed by atoms with Gasteiger partial charge < -0.3 is 14.2 Å². The molecule has 226 valence electrons. The van der Waals surface area contributed by atoms with Crippen molar-refractivity contribution in [2.45, 2.75) is 83.0 Å². The van der Waals surface area contributed by atoms with Gasteiger partial charge in [-0.05, 0) is 48.8 Å². The fourth-order valence-corrected chi connectivity index (χ4v) is 6.42. The normalized spacial score (nSPS) is 27.1. The largest absolute Gasteiger partial charge is 0.391 e. The van der Waals surface area contributed by atoms with Crippen LogP contribution in [0.3, 0.4) is 0 Å². The van der Waals surface area contributed by atoms with Crippen molar-refractivity contribution >= 4 is 0 Å². The van der Waals surface area contributed by atoms with E-state index < -0.39 is 12.1 Å². The smallest absolute Gasteiger partial charge is 0.369 e. The molecule has 0 aromatic heterocycles. The van der Waals surface area contributed by atoms with Crippen LogP contribution in [0.15, 0.2) is 91.0 Å². The van der Waals surface area contributed by atoms with E-state index in [2.05, 4.69) is 11.8 Å². The second-order valence-corrected chi connectivity index (χ2v) is 11.8. The third-order valence-corrected chi connectivity index (χ3v) is 8.77. The van der Waals surface area contributed by atoms with Gasteiger partial charge in [0.25, 0.3) is 0 Å². The number of rotatable bonds is 11. The van der Waals surface area contributed by atoms with E-state index in [9.17, 15) is 13.2 Å². The summed E-state index contributed by atoms with van der Waals surface area (Å²) in [6.45, 7) is 4.54. The van der Waals surface area contributed by atoms with Gasteiger partial charge in [0.1, 0.15) is 12.2 Å². The average Bonchev–Trinajstić information content (AvgIpc) is 3.01. The predicted octanol–water partition coefficient (Wildman–Crippen LogP) is 7.82. The van der Waals surface area contributed by atoms with Crippen LogP contribution in [0, 0.1) is 11.8 Å². The number of likely N-dealkylation sites (tertiary alicyclic amines) is 1. The Balaban J connectivity index is 1.37. The third-order valence-electron chi connectivity index (χ3n) is 8.77. The van der Waals surface area contributed by atoms with Crippen LogP contribution in [0.5, 0.6) is 0 Å². The van der Waals surface area contributed by atoms with Crippen LogP contribution in [-0.4, -0.2) is 48.5 Å². The fourth-order valence-electron chi connectivity index (χ4n) is 6.42. The van der Waals surface area contributed by atoms with Crippen LogP contribution in [0.4, 0.5) is 13.2 Å². The van der Waals surface area contributed by atoms with Crippen LogP contribution in [-0.2, 0) is 34.0 Å². The lowest BCUT2D eigenvalue weighted by molar-refractivity contribution is -0.205. The first-order valence-corrected chi connectivity index (χ1v) is 15.1. The van der Waals surface area contributed by atoms with E-state index in [1.54, 1.807) is 0 Å². The molecule has 7 heteroatoms. The molecule has 4 nitrogen and oxygen atoms in total. The molecule has 0 bridgehead atoms. The van der Waals surface area contributed by atoms with Gasteiger partial charge in [0.15, 0.2) is 0 Å². The molecule has 0 spiro atoms. The molecule has 1 aliphatic heterocycles. The zero-order valence-corrected chi connectivity index (χ0v) is 24.3. The van der Waals surface area contributed by atoms with Crippen LogP contribution >= 0.6 is 0 Å². The molecular formula is C35H42F3NO3. The maximum Gasteiger partial charge on any atom is 0.391 e. The van der Waals surface area contributed by atoms with E-state index in [1.807, 2.05) is 91.0 Å². The molecule has 2 unspecified atom stereocenters. The zero-order chi connectivity index (χ0) is 29.4. The molecule has 1 saturated carbocycles. The van der Waals surface area contributed by atoms with Crippen LogP contribution < -0.4 is 0 Å². The Morgan fingerprint density at radius 2 is 1.19 bits per heavy atom. The summed E-state index contributed by atoms with van der Waals surface area (Å²) >= 11 is 0. The van der Waals surface area contributed by atoms with Crippen LogP contribution in [0.2, 0.25) is 0 Å². The summed E-state index contributed by atoms with van der Waals surface area (Å²) < 4.78 is 60.7. The van der Waals surface area contributed by atoms with Crippen molar-refractivity contribution in [2.75, 3.05) is 13.1 Å². The number of nitrogens with zero attached hydrogens (tertiary/aromatic N) is 1. The molecule has 3 aromatic rings. The quantitative estimate of drug-likeness (QED) is 0.231. The van der Waals surface area contributed by atoms with Crippen LogP contribution in [0.25, 0.3) is 0 Å². The van der Waals surface area contributed by atoms with Crippen molar-refractivity contribution in [1.29, 1.82) is 0 Å². The Labute approximate surface area is 247 Å². The number of hydrogen-bond acceptors (Lipinski definition) is 4. The van der Waals surface area contributed by atoms with Crippen LogP contribution in [0.1, 0.15) is 49.3 Å². The molecule has 1 saturated heterocycles. The summed E-state index contributed by atoms with van der Waals surface area (Å²) in [5, 5.41) is 0. The average molecular weight is 582 g/mol. The molecule has 42 heavy (non-hydrogen) atoms. The highest BCUT2D eigenvalue weighted by Gasteiger charge is 2.46. The highest BCUT2D eigenvalue weighted by molar-refractivity contribution is 5.16. The highest BCUT2D eigenvalue weighted by atomic mass is 19.4. The lowest BCUT2D eigenvalue weighted by Crippen LogP contribution is -2.63. The van der Waals surface area contributed by atoms with Gasteiger partial charge in [-0.1, -0.05) is 97.4 Å². The Kier molecular flexibility index (Phi) is 10.7. The van der Waals surface area contributed by atoms with Gasteiger partial charge in [-0.2, -0.15) is 13.2 Å². The van der Waals surface area contributed by atoms with Gasteiger partial charge >= 0.3 is 6.18 Å². The Hall–Kier alpha value is -2.71. The molecule has 3 aromatic carbocycles. The third kappa shape index (κ3) is 8.44. The summed E-state index contributed by atoms with van der Waals surface area (Å²) in [6, 6.07) is 30.0. The summed E-state index contributed by atoms with van der Waals surface area (Å²) in [7, 11) is 0. The maximum atomic E-state index is 13.6. The number of hydrogen-bond donors (Lipinski definition) is 0. The van der Waals surface area contributed by atoms with Crippen molar-refractivity contribution in [3.63, 3.8) is 0 Å². The van der Waals surface area contributed by atoms with Crippen molar-refractivity contribution in [1.82, 2.24) is 4.90 Å². The number of piperidine rings is 1. The van der Waals surface area contributed by atoms with Gasteiger partial charge in [0.2, 0.25) is 0 Å². The van der Waals surface area contributed by atoms with Gasteiger partial charge in [-0.25, -0.2) is 0 Å². The number of alkyl halides is 3. The van der Waals surface area contributed by atoms with Gasteiger partial charge in [-0.15, -0.1) is 0 Å². The zero-order valence-electron chi connectivity index (χ0n) is 24.3. The van der Waals surface area contributed by atoms with E-state index in [0.29, 0.717) is 39.3 Å².